The van der Waals surface area contributed by atoms with Crippen molar-refractivity contribution in [3.05, 3.63) is 150 Å². The molecule has 2 heterocycles. The third-order valence-corrected chi connectivity index (χ3v) is 15.4. The van der Waals surface area contributed by atoms with Gasteiger partial charge in [-0.3, -0.25) is 29.4 Å². The van der Waals surface area contributed by atoms with E-state index in [4.69, 9.17) is 18.9 Å². The second kappa shape index (κ2) is 24.2. The van der Waals surface area contributed by atoms with Gasteiger partial charge in [-0.05, 0) is 133 Å². The molecule has 0 bridgehead atoms. The highest BCUT2D eigenvalue weighted by molar-refractivity contribution is 5.93. The van der Waals surface area contributed by atoms with Crippen molar-refractivity contribution >= 4 is 35.4 Å². The minimum Gasteiger partial charge on any atom is -0.483 e. The van der Waals surface area contributed by atoms with Gasteiger partial charge in [0.25, 0.3) is 22.9 Å². The Hall–Kier alpha value is -7.62. The van der Waals surface area contributed by atoms with Gasteiger partial charge in [0.15, 0.2) is 13.2 Å². The number of H-pyrrole nitrogens is 2. The third-order valence-electron chi connectivity index (χ3n) is 15.4. The van der Waals surface area contributed by atoms with E-state index in [-0.39, 0.29) is 68.8 Å². The van der Waals surface area contributed by atoms with Crippen LogP contribution in [-0.4, -0.2) is 69.7 Å². The molecular formula is C61H78N6O10. The van der Waals surface area contributed by atoms with Gasteiger partial charge in [0.05, 0.1) is 46.8 Å². The van der Waals surface area contributed by atoms with Gasteiger partial charge in [-0.15, -0.1) is 0 Å². The second-order valence-electron chi connectivity index (χ2n) is 22.0. The summed E-state index contributed by atoms with van der Waals surface area (Å²) in [6.07, 6.45) is 3.05. The quantitative estimate of drug-likeness (QED) is 0.0422. The Labute approximate surface area is 452 Å². The zero-order chi connectivity index (χ0) is 56.6. The molecule has 16 heteroatoms. The summed E-state index contributed by atoms with van der Waals surface area (Å²) in [5.74, 6) is -1.29. The van der Waals surface area contributed by atoms with Gasteiger partial charge < -0.3 is 29.6 Å². The van der Waals surface area contributed by atoms with E-state index in [0.29, 0.717) is 22.9 Å². The lowest BCUT2D eigenvalue weighted by Gasteiger charge is -2.30. The van der Waals surface area contributed by atoms with Crippen LogP contribution in [0.15, 0.2) is 94.5 Å². The van der Waals surface area contributed by atoms with Gasteiger partial charge in [-0.25, -0.2) is 19.0 Å². The number of anilines is 2. The van der Waals surface area contributed by atoms with Crippen LogP contribution >= 0.6 is 0 Å². The standard InChI is InChI=1S/C61H78N6O10/c1-15-58(7,8)40-25-31-48(46(33-40)60(11,12)17-3)76-36-50(68)62-52-44(54(70)66(64-52)42-27-21-38(22-28-42)56(72)74-19-5)35-45-53(65-67(55(45)71)43-29-23-39(24-30-43)57(73)75-20-6)63-51(69)37-77-49-32-26-41(59(9,10)16-2)34-47(49)61(13,14)18-4/h21-34,64-65H,15-20,35-37H2,1-14H3,(H,62,68)(H,63,69). The summed E-state index contributed by atoms with van der Waals surface area (Å²) in [4.78, 5) is 82.9. The number of carbonyl (C=O) groups is 4. The Bertz CT molecular complexity index is 2990. The number of aromatic amines is 2. The number of nitrogens with one attached hydrogen (secondary N) is 4. The zero-order valence-corrected chi connectivity index (χ0v) is 47.4. The van der Waals surface area contributed by atoms with Crippen LogP contribution in [0.4, 0.5) is 11.6 Å². The van der Waals surface area contributed by atoms with Gasteiger partial charge >= 0.3 is 11.9 Å². The first-order valence-corrected chi connectivity index (χ1v) is 26.7. The number of amides is 2. The van der Waals surface area contributed by atoms with Crippen molar-refractivity contribution in [2.45, 2.75) is 151 Å². The zero-order valence-electron chi connectivity index (χ0n) is 47.4. The fraction of sp³-hybridized carbons (Fsp3) is 0.443. The highest BCUT2D eigenvalue weighted by Gasteiger charge is 2.30. The number of ether oxygens (including phenoxy) is 4. The predicted molar refractivity (Wildman–Crippen MR) is 302 cm³/mol. The van der Waals surface area contributed by atoms with Crippen LogP contribution in [0.2, 0.25) is 0 Å². The van der Waals surface area contributed by atoms with Gasteiger partial charge in [0.2, 0.25) is 0 Å². The van der Waals surface area contributed by atoms with Crippen LogP contribution in [-0.2, 0) is 47.1 Å². The number of hydrogen-bond donors (Lipinski definition) is 4. The van der Waals surface area contributed by atoms with E-state index in [1.165, 1.54) is 33.6 Å². The molecule has 0 atom stereocenters. The van der Waals surface area contributed by atoms with E-state index in [1.54, 1.807) is 38.1 Å². The molecule has 0 aliphatic rings. The molecule has 0 radical (unpaired) electrons. The molecule has 6 aromatic rings. The van der Waals surface area contributed by atoms with Crippen molar-refractivity contribution in [1.82, 2.24) is 19.6 Å². The summed E-state index contributed by atoms with van der Waals surface area (Å²) in [6.45, 7) is 28.7. The molecule has 6 rings (SSSR count). The van der Waals surface area contributed by atoms with Gasteiger partial charge in [-0.2, -0.15) is 0 Å². The number of rotatable bonds is 24. The number of hydrogen-bond acceptors (Lipinski definition) is 10. The molecule has 4 aromatic carbocycles. The maximum atomic E-state index is 14.8. The van der Waals surface area contributed by atoms with Crippen LogP contribution in [0.1, 0.15) is 177 Å². The number of esters is 2. The maximum Gasteiger partial charge on any atom is 0.338 e. The van der Waals surface area contributed by atoms with Crippen LogP contribution in [0, 0.1) is 0 Å². The molecule has 0 saturated carbocycles. The average molecular weight is 1060 g/mol. The van der Waals surface area contributed by atoms with Crippen molar-refractivity contribution in [3.8, 4) is 22.9 Å². The third kappa shape index (κ3) is 13.3. The van der Waals surface area contributed by atoms with Crippen molar-refractivity contribution in [1.29, 1.82) is 0 Å². The first-order chi connectivity index (χ1) is 36.3. The van der Waals surface area contributed by atoms with Crippen molar-refractivity contribution in [3.63, 3.8) is 0 Å². The number of carbonyl (C=O) groups excluding carboxylic acids is 4. The summed E-state index contributed by atoms with van der Waals surface area (Å²) >= 11 is 0. The van der Waals surface area contributed by atoms with E-state index in [9.17, 15) is 28.8 Å². The van der Waals surface area contributed by atoms with E-state index in [1.807, 2.05) is 24.3 Å². The van der Waals surface area contributed by atoms with Crippen molar-refractivity contribution in [2.75, 3.05) is 37.1 Å². The Morgan fingerprint density at radius 1 is 0.481 bits per heavy atom. The minimum atomic E-state index is -0.640. The van der Waals surface area contributed by atoms with Crippen LogP contribution in [0.5, 0.6) is 11.5 Å². The Morgan fingerprint density at radius 3 is 1.13 bits per heavy atom. The number of aromatic nitrogens is 4. The van der Waals surface area contributed by atoms with E-state index in [2.05, 4.69) is 116 Å². The SMILES string of the molecule is CCOC(=O)c1ccc(-n2[nH]c(NC(=O)COc3ccc(C(C)(C)CC)cc3C(C)(C)CC)c(Cc3c(NC(=O)COc4ccc(C(C)(C)CC)cc4C(C)(C)CC)[nH]n(-c4ccc(C(=O)OCC)cc4)c3=O)c2=O)cc1. The van der Waals surface area contributed by atoms with Gasteiger partial charge in [-0.1, -0.05) is 107 Å². The molecule has 0 spiro atoms. The molecule has 412 valence electrons. The monoisotopic (exact) mass is 1050 g/mol. The van der Waals surface area contributed by atoms with Gasteiger partial charge in [0.1, 0.15) is 23.1 Å². The van der Waals surface area contributed by atoms with E-state index < -0.39 is 54.5 Å². The Balaban J connectivity index is 1.41. The van der Waals surface area contributed by atoms with Gasteiger partial charge in [0, 0.05) is 17.5 Å². The number of nitrogens with zero attached hydrogens (tertiary/aromatic N) is 2. The summed E-state index contributed by atoms with van der Waals surface area (Å²) in [5.41, 5.74) is 3.21. The first kappa shape index (κ1) is 58.6. The normalized spacial score (nSPS) is 12.0. The van der Waals surface area contributed by atoms with Crippen LogP contribution < -0.4 is 31.2 Å². The summed E-state index contributed by atoms with van der Waals surface area (Å²) < 4.78 is 25.3. The van der Waals surface area contributed by atoms with Crippen molar-refractivity contribution < 1.29 is 38.1 Å². The molecule has 0 unspecified atom stereocenters. The fourth-order valence-corrected chi connectivity index (χ4v) is 8.58. The summed E-state index contributed by atoms with van der Waals surface area (Å²) in [5, 5.41) is 11.7. The molecule has 16 nitrogen and oxygen atoms in total. The highest BCUT2D eigenvalue weighted by atomic mass is 16.5. The molecule has 0 aliphatic heterocycles. The van der Waals surface area contributed by atoms with E-state index >= 15 is 0 Å². The molecule has 0 fully saturated rings. The number of benzene rings is 4. The summed E-state index contributed by atoms with van der Waals surface area (Å²) in [7, 11) is 0. The van der Waals surface area contributed by atoms with Crippen LogP contribution in [0.3, 0.4) is 0 Å². The van der Waals surface area contributed by atoms with Crippen molar-refractivity contribution in [2.24, 2.45) is 0 Å². The van der Waals surface area contributed by atoms with Crippen LogP contribution in [0.25, 0.3) is 11.4 Å². The lowest BCUT2D eigenvalue weighted by Crippen LogP contribution is -2.25. The minimum absolute atomic E-state index is 0.0408. The molecular weight excluding hydrogens is 977 g/mol. The predicted octanol–water partition coefficient (Wildman–Crippen LogP) is 11.4. The largest absolute Gasteiger partial charge is 0.483 e. The smallest absolute Gasteiger partial charge is 0.338 e. The highest BCUT2D eigenvalue weighted by Crippen LogP contribution is 2.40. The topological polar surface area (TPSA) is 205 Å². The maximum absolute atomic E-state index is 14.8. The lowest BCUT2D eigenvalue weighted by molar-refractivity contribution is -0.118. The molecule has 0 saturated heterocycles. The summed E-state index contributed by atoms with van der Waals surface area (Å²) in [6, 6.07) is 24.4. The molecule has 4 N–H and O–H groups in total. The Morgan fingerprint density at radius 2 is 0.818 bits per heavy atom. The molecule has 0 aliphatic carbocycles. The lowest BCUT2D eigenvalue weighted by atomic mass is 9.76. The van der Waals surface area contributed by atoms with E-state index in [0.717, 1.165) is 47.9 Å². The molecule has 2 amide bonds. The average Bonchev–Trinajstić information content (AvgIpc) is 3.89. The Kier molecular flexibility index (Phi) is 18.4. The fourth-order valence-electron chi connectivity index (χ4n) is 8.58. The molecule has 2 aromatic heterocycles. The second-order valence-corrected chi connectivity index (χ2v) is 22.0. The molecule has 77 heavy (non-hydrogen) atoms. The first-order valence-electron chi connectivity index (χ1n) is 26.7.